The van der Waals surface area contributed by atoms with Crippen LogP contribution in [0.2, 0.25) is 0 Å². The first-order valence-corrected chi connectivity index (χ1v) is 5.51. The van der Waals surface area contributed by atoms with Gasteiger partial charge >= 0.3 is 0 Å². The van der Waals surface area contributed by atoms with Gasteiger partial charge < -0.3 is 0 Å². The monoisotopic (exact) mass is 170 g/mol. The molecule has 0 heteroatoms. The van der Waals surface area contributed by atoms with E-state index in [1.165, 1.54) is 12.8 Å². The zero-order valence-corrected chi connectivity index (χ0v) is 9.72. The van der Waals surface area contributed by atoms with Crippen LogP contribution < -0.4 is 0 Å². The molecule has 0 aromatic carbocycles. The lowest BCUT2D eigenvalue weighted by atomic mass is 10.0. The van der Waals surface area contributed by atoms with E-state index >= 15 is 0 Å². The molecule has 2 atom stereocenters. The third-order valence-electron chi connectivity index (χ3n) is 1.91. The summed E-state index contributed by atoms with van der Waals surface area (Å²) < 4.78 is 0. The quantitative estimate of drug-likeness (QED) is 0.502. The van der Waals surface area contributed by atoms with E-state index in [0.29, 0.717) is 0 Å². The van der Waals surface area contributed by atoms with Gasteiger partial charge in [0, 0.05) is 0 Å². The van der Waals surface area contributed by atoms with Crippen molar-refractivity contribution < 1.29 is 0 Å². The molecule has 0 N–H and O–H groups in total. The van der Waals surface area contributed by atoms with E-state index in [0.717, 1.165) is 11.8 Å². The SMILES string of the molecule is CC.CC.CCC1C=CC(C)C1. The predicted molar refractivity (Wildman–Crippen MR) is 59.4 cm³/mol. The number of hydrogen-bond donors (Lipinski definition) is 0. The molecule has 0 heterocycles. The number of hydrogen-bond acceptors (Lipinski definition) is 0. The molecule has 74 valence electrons. The lowest BCUT2D eigenvalue weighted by molar-refractivity contribution is 0.538. The molecule has 1 aliphatic carbocycles. The molecule has 2 unspecified atom stereocenters. The molecule has 0 aromatic rings. The predicted octanol–water partition coefficient (Wildman–Crippen LogP) is 4.66. The third-order valence-corrected chi connectivity index (χ3v) is 1.91. The molecule has 0 bridgehead atoms. The third kappa shape index (κ3) is 6.45. The van der Waals surface area contributed by atoms with E-state index in [9.17, 15) is 0 Å². The minimum atomic E-state index is 0.847. The summed E-state index contributed by atoms with van der Waals surface area (Å²) in [5, 5.41) is 0. The maximum atomic E-state index is 2.35. The summed E-state index contributed by atoms with van der Waals surface area (Å²) in [4.78, 5) is 0. The molecule has 0 spiro atoms. The van der Waals surface area contributed by atoms with Crippen LogP contribution in [0.4, 0.5) is 0 Å². The van der Waals surface area contributed by atoms with Crippen molar-refractivity contribution in [3.05, 3.63) is 12.2 Å². The Hall–Kier alpha value is -0.260. The smallest absolute Gasteiger partial charge is 0.0231 e. The van der Waals surface area contributed by atoms with Crippen LogP contribution in [-0.2, 0) is 0 Å². The van der Waals surface area contributed by atoms with E-state index < -0.39 is 0 Å². The summed E-state index contributed by atoms with van der Waals surface area (Å²) in [5.41, 5.74) is 0. The van der Waals surface area contributed by atoms with Crippen LogP contribution in [0.1, 0.15) is 54.4 Å². The molecular weight excluding hydrogens is 144 g/mol. The van der Waals surface area contributed by atoms with Crippen molar-refractivity contribution >= 4 is 0 Å². The molecule has 0 fully saturated rings. The Morgan fingerprint density at radius 1 is 1.08 bits per heavy atom. The summed E-state index contributed by atoms with van der Waals surface area (Å²) in [7, 11) is 0. The van der Waals surface area contributed by atoms with Crippen molar-refractivity contribution in [2.75, 3.05) is 0 Å². The van der Waals surface area contributed by atoms with Gasteiger partial charge in [-0.3, -0.25) is 0 Å². The summed E-state index contributed by atoms with van der Waals surface area (Å²) >= 11 is 0. The molecule has 0 aromatic heterocycles. The fourth-order valence-corrected chi connectivity index (χ4v) is 1.28. The Balaban J connectivity index is 0. The second kappa shape index (κ2) is 10.7. The van der Waals surface area contributed by atoms with Crippen molar-refractivity contribution in [1.82, 2.24) is 0 Å². The summed E-state index contributed by atoms with van der Waals surface area (Å²) in [6, 6.07) is 0. The first-order valence-electron chi connectivity index (χ1n) is 5.51. The summed E-state index contributed by atoms with van der Waals surface area (Å²) in [5.74, 6) is 1.74. The van der Waals surface area contributed by atoms with Crippen LogP contribution in [0.15, 0.2) is 12.2 Å². The van der Waals surface area contributed by atoms with Gasteiger partial charge in [-0.05, 0) is 24.7 Å². The van der Waals surface area contributed by atoms with E-state index in [2.05, 4.69) is 26.0 Å². The van der Waals surface area contributed by atoms with Gasteiger partial charge in [0.05, 0.1) is 0 Å². The van der Waals surface area contributed by atoms with Crippen molar-refractivity contribution in [3.63, 3.8) is 0 Å². The van der Waals surface area contributed by atoms with Gasteiger partial charge in [-0.1, -0.05) is 53.7 Å². The molecule has 0 aliphatic heterocycles. The van der Waals surface area contributed by atoms with Gasteiger partial charge in [0.25, 0.3) is 0 Å². The van der Waals surface area contributed by atoms with Crippen molar-refractivity contribution in [3.8, 4) is 0 Å². The van der Waals surface area contributed by atoms with Crippen molar-refractivity contribution in [1.29, 1.82) is 0 Å². The second-order valence-corrected chi connectivity index (χ2v) is 2.77. The highest BCUT2D eigenvalue weighted by molar-refractivity contribution is 4.99. The molecule has 1 rings (SSSR count). The molecule has 12 heavy (non-hydrogen) atoms. The maximum absolute atomic E-state index is 2.35. The fraction of sp³-hybridized carbons (Fsp3) is 0.833. The Morgan fingerprint density at radius 2 is 1.58 bits per heavy atom. The lowest BCUT2D eigenvalue weighted by Gasteiger charge is -2.02. The fourth-order valence-electron chi connectivity index (χ4n) is 1.28. The second-order valence-electron chi connectivity index (χ2n) is 2.77. The molecule has 0 saturated heterocycles. The topological polar surface area (TPSA) is 0 Å². The Morgan fingerprint density at radius 3 is 1.75 bits per heavy atom. The van der Waals surface area contributed by atoms with Gasteiger partial charge in [0.2, 0.25) is 0 Å². The van der Waals surface area contributed by atoms with Crippen LogP contribution in [-0.4, -0.2) is 0 Å². The van der Waals surface area contributed by atoms with E-state index in [1.54, 1.807) is 0 Å². The highest BCUT2D eigenvalue weighted by Crippen LogP contribution is 2.24. The molecule has 0 radical (unpaired) electrons. The van der Waals surface area contributed by atoms with Gasteiger partial charge in [0.1, 0.15) is 0 Å². The number of rotatable bonds is 1. The standard InChI is InChI=1S/C8H14.2C2H6/c1-3-8-5-4-7(2)6-8;2*1-2/h4-5,7-8H,3,6H2,1-2H3;2*1-2H3. The normalized spacial score (nSPS) is 25.2. The van der Waals surface area contributed by atoms with E-state index in [-0.39, 0.29) is 0 Å². The van der Waals surface area contributed by atoms with Crippen molar-refractivity contribution in [2.45, 2.75) is 54.4 Å². The first-order chi connectivity index (χ1) is 5.83. The molecule has 0 amide bonds. The lowest BCUT2D eigenvalue weighted by Crippen LogP contribution is -1.91. The molecule has 0 saturated carbocycles. The Bertz CT molecular complexity index is 92.2. The highest BCUT2D eigenvalue weighted by atomic mass is 14.2. The molecule has 1 aliphatic rings. The Labute approximate surface area is 79.1 Å². The summed E-state index contributed by atoms with van der Waals surface area (Å²) in [6.45, 7) is 12.5. The van der Waals surface area contributed by atoms with E-state index in [1.807, 2.05) is 27.7 Å². The van der Waals surface area contributed by atoms with Crippen LogP contribution in [0.5, 0.6) is 0 Å². The largest absolute Gasteiger partial charge is 0.0854 e. The van der Waals surface area contributed by atoms with Gasteiger partial charge in [-0.25, -0.2) is 0 Å². The number of allylic oxidation sites excluding steroid dienone is 2. The maximum Gasteiger partial charge on any atom is -0.0231 e. The van der Waals surface area contributed by atoms with Gasteiger partial charge in [-0.2, -0.15) is 0 Å². The molecular formula is C12H26. The zero-order valence-electron chi connectivity index (χ0n) is 9.72. The zero-order chi connectivity index (χ0) is 9.98. The van der Waals surface area contributed by atoms with Crippen LogP contribution in [0.3, 0.4) is 0 Å². The first kappa shape index (κ1) is 14.3. The van der Waals surface area contributed by atoms with E-state index in [4.69, 9.17) is 0 Å². The molecule has 0 nitrogen and oxygen atoms in total. The average molecular weight is 170 g/mol. The minimum absolute atomic E-state index is 0.847. The minimum Gasteiger partial charge on any atom is -0.0854 e. The highest BCUT2D eigenvalue weighted by Gasteiger charge is 2.11. The van der Waals surface area contributed by atoms with Crippen LogP contribution >= 0.6 is 0 Å². The summed E-state index contributed by atoms with van der Waals surface area (Å²) in [6.07, 6.45) is 7.39. The van der Waals surface area contributed by atoms with Gasteiger partial charge in [0.15, 0.2) is 0 Å². The van der Waals surface area contributed by atoms with Crippen LogP contribution in [0.25, 0.3) is 0 Å². The van der Waals surface area contributed by atoms with Gasteiger partial charge in [-0.15, -0.1) is 0 Å². The Kier molecular flexibility index (Phi) is 12.8. The average Bonchev–Trinajstić information content (AvgIpc) is 2.58. The van der Waals surface area contributed by atoms with Crippen LogP contribution in [0, 0.1) is 11.8 Å². The van der Waals surface area contributed by atoms with Crippen molar-refractivity contribution in [2.24, 2.45) is 11.8 Å².